The maximum Gasteiger partial charge on any atom is 0.427 e. The zero-order valence-corrected chi connectivity index (χ0v) is 72.6. The molecule has 8 heterocycles. The van der Waals surface area contributed by atoms with Crippen LogP contribution in [-0.2, 0) is 77.4 Å². The first kappa shape index (κ1) is 91.2. The third-order valence-electron chi connectivity index (χ3n) is 27.2. The summed E-state index contributed by atoms with van der Waals surface area (Å²) >= 11 is 0. The van der Waals surface area contributed by atoms with E-state index < -0.39 is 184 Å². The van der Waals surface area contributed by atoms with E-state index in [1.54, 1.807) is 40.1 Å². The number of carbonyl (C=O) groups excluding carboxylic acids is 8. The Bertz CT molecular complexity index is 4650. The van der Waals surface area contributed by atoms with Gasteiger partial charge in [-0.1, -0.05) is 64.1 Å². The zero-order chi connectivity index (χ0) is 88.2. The van der Waals surface area contributed by atoms with Crippen molar-refractivity contribution in [1.82, 2.24) is 29.2 Å². The van der Waals surface area contributed by atoms with Gasteiger partial charge < -0.3 is 48.0 Å². The van der Waals surface area contributed by atoms with E-state index >= 15 is 0 Å². The zero-order valence-electron chi connectivity index (χ0n) is 70.9. The maximum absolute atomic E-state index is 15.0. The molecule has 2 N–H and O–H groups in total. The number of hydrogen-bond acceptors (Lipinski definition) is 22. The summed E-state index contributed by atoms with van der Waals surface area (Å²) in [6, 6.07) is 13.0. The van der Waals surface area contributed by atoms with E-state index in [1.807, 2.05) is 86.7 Å². The third kappa shape index (κ3) is 19.6. The lowest BCUT2D eigenvalue weighted by Crippen LogP contribution is -2.48. The molecule has 14 rings (SSSR count). The smallest absolute Gasteiger partial charge is 0.427 e. The van der Waals surface area contributed by atoms with Crippen LogP contribution in [0.5, 0.6) is 11.8 Å². The molecule has 668 valence electrons. The number of alkyl halides is 6. The molecule has 4 aromatic rings. The van der Waals surface area contributed by atoms with Gasteiger partial charge in [0.2, 0.25) is 66.6 Å². The summed E-state index contributed by atoms with van der Waals surface area (Å²) in [5, 5.41) is 3.18. The number of nitrogens with zero attached hydrogens (tertiary/aromatic N) is 6. The number of allylic oxidation sites excluding steroid dienone is 4. The minimum Gasteiger partial charge on any atom is -0.472 e. The van der Waals surface area contributed by atoms with Crippen LogP contribution in [0.4, 0.5) is 37.7 Å². The summed E-state index contributed by atoms with van der Waals surface area (Å²) in [4.78, 5) is 130. The Hall–Kier alpha value is -8.50. The average Bonchev–Trinajstić information content (AvgIpc) is 1.57. The minimum absolute atomic E-state index is 0.0105. The molecule has 6 aliphatic heterocycles. The molecule has 0 spiro atoms. The maximum atomic E-state index is 15.0. The summed E-state index contributed by atoms with van der Waals surface area (Å²) in [6.45, 7) is 18.5. The van der Waals surface area contributed by atoms with Crippen LogP contribution >= 0.6 is 0 Å². The number of Topliss-reactive ketones (excluding diaryl/α,β-unsaturated/α-hetero) is 2. The number of ether oxygens (including phenoxy) is 6. The predicted molar refractivity (Wildman–Crippen MR) is 440 cm³/mol. The van der Waals surface area contributed by atoms with Crippen molar-refractivity contribution >= 4 is 100 Å². The number of aromatic nitrogens is 2. The van der Waals surface area contributed by atoms with Crippen LogP contribution < -0.4 is 28.7 Å². The van der Waals surface area contributed by atoms with Gasteiger partial charge in [0.05, 0.1) is 96.6 Å². The van der Waals surface area contributed by atoms with Crippen LogP contribution in [0.1, 0.15) is 185 Å². The van der Waals surface area contributed by atoms with Gasteiger partial charge in [0.1, 0.15) is 12.2 Å². The highest BCUT2D eigenvalue weighted by Gasteiger charge is 2.65. The van der Waals surface area contributed by atoms with Gasteiger partial charge in [0.15, 0.2) is 11.6 Å². The Morgan fingerprint density at radius 2 is 0.885 bits per heavy atom. The molecule has 26 nitrogen and oxygen atoms in total. The fourth-order valence-corrected chi connectivity index (χ4v) is 21.0. The fourth-order valence-electron chi connectivity index (χ4n) is 18.3. The second kappa shape index (κ2) is 35.1. The molecule has 14 atom stereocenters. The normalized spacial score (nSPS) is 30.4. The standard InChI is InChI=1S/2C44H57F3N4O9S/c2*1-27-9-6-7-10-29-24-43(29,40(55)49-61(56,57)42(5)14-15-42)25-36(52)35-22-30(59-38-32-11-8-12-34(31(32)13-16-48-38)50-17-19-58-20-18-50)26-51(35)39(54)33(28(2)21-27)23-37(53)60-41(3,4)44(45,46)47/h2*7-8,10-13,16,27-30,33,35H,6,9,14-15,17-26H2,1-5H3,(H,49,55)/b2*10-7-/t27-,28+,29+,30+,33-,35-,43+;27-,28-,29-,30-,33+,35+,43-/m01/s1. The summed E-state index contributed by atoms with van der Waals surface area (Å²) in [5.41, 5.74) is -6.44. The summed E-state index contributed by atoms with van der Waals surface area (Å²) in [5.74, 6) is -9.71. The molecule has 10 aliphatic rings. The van der Waals surface area contributed by atoms with Gasteiger partial charge in [-0.3, -0.25) is 47.8 Å². The van der Waals surface area contributed by atoms with Crippen molar-refractivity contribution in [2.75, 3.05) is 75.5 Å². The molecule has 34 heteroatoms. The number of carbonyl (C=O) groups is 8. The molecule has 4 aliphatic carbocycles. The SMILES string of the molecule is C[C@@H]1CC/C=C\[C@@H]2C[C@@]2(C(=O)NS(=O)(=O)C2(C)CC2)CC(=O)[C@@H]2C[C@@H](Oc3nccc4c(N5CCOCC5)cccc34)CN2C(=O)[C@@H](CC(=O)OC(C)(C)C(F)(F)F)[C@H](C)C1.C[C@H]1CC/C=C\[C@@H]2C[C@@]2(C(=O)NS(=O)(=O)C2(C)CC2)CC(=O)[C@@H]2C[C@@H](Oc3nccc4c(N5CCOCC5)cccc34)CN2C(=O)[C@@H](CC(=O)OC(C)(C)C(F)(F)F)[C@H](C)C1. The van der Waals surface area contributed by atoms with Crippen LogP contribution in [0.2, 0.25) is 0 Å². The van der Waals surface area contributed by atoms with E-state index in [0.717, 1.165) is 49.8 Å². The Balaban J connectivity index is 0.000000210. The highest BCUT2D eigenvalue weighted by atomic mass is 32.2. The van der Waals surface area contributed by atoms with Gasteiger partial charge in [-0.2, -0.15) is 26.3 Å². The van der Waals surface area contributed by atoms with Gasteiger partial charge in [0, 0.05) is 97.2 Å². The number of halogens is 6. The highest BCUT2D eigenvalue weighted by Crippen LogP contribution is 2.60. The van der Waals surface area contributed by atoms with Crippen molar-refractivity contribution in [3.63, 3.8) is 0 Å². The number of benzene rings is 2. The number of pyridine rings is 2. The summed E-state index contributed by atoms with van der Waals surface area (Å²) < 4.78 is 173. The number of ketones is 2. The number of rotatable bonds is 18. The number of hydrogen-bond donors (Lipinski definition) is 2. The average molecular weight is 1750 g/mol. The lowest BCUT2D eigenvalue weighted by atomic mass is 9.82. The van der Waals surface area contributed by atoms with E-state index in [0.29, 0.717) is 128 Å². The van der Waals surface area contributed by atoms with Crippen molar-refractivity contribution in [3.8, 4) is 11.8 Å². The number of morpholine rings is 2. The number of amides is 4. The molecule has 122 heavy (non-hydrogen) atoms. The van der Waals surface area contributed by atoms with Crippen LogP contribution in [-0.4, -0.2) is 207 Å². The van der Waals surface area contributed by atoms with Crippen molar-refractivity contribution < 1.29 is 110 Å². The minimum atomic E-state index is -4.86. The van der Waals surface area contributed by atoms with Crippen LogP contribution in [0.3, 0.4) is 0 Å². The molecule has 4 amide bonds. The Morgan fingerprint density at radius 3 is 1.23 bits per heavy atom. The first-order valence-electron chi connectivity index (χ1n) is 42.7. The van der Waals surface area contributed by atoms with Crippen LogP contribution in [0.15, 0.2) is 85.2 Å². The first-order chi connectivity index (χ1) is 57.3. The predicted octanol–water partition coefficient (Wildman–Crippen LogP) is 12.6. The van der Waals surface area contributed by atoms with Crippen LogP contribution in [0, 0.1) is 58.2 Å². The molecule has 4 saturated heterocycles. The van der Waals surface area contributed by atoms with E-state index in [1.165, 1.54) is 9.80 Å². The number of sulfonamides is 2. The summed E-state index contributed by atoms with van der Waals surface area (Å²) in [6.07, 6.45) is 2.97. The lowest BCUT2D eigenvalue weighted by molar-refractivity contribution is -0.257. The van der Waals surface area contributed by atoms with Gasteiger partial charge in [0.25, 0.3) is 0 Å². The molecule has 0 bridgehead atoms. The van der Waals surface area contributed by atoms with Crippen molar-refractivity contribution in [3.05, 3.63) is 85.2 Å². The van der Waals surface area contributed by atoms with Crippen molar-refractivity contribution in [2.45, 2.75) is 242 Å². The van der Waals surface area contributed by atoms with E-state index in [2.05, 4.69) is 29.2 Å². The second-order valence-corrected chi connectivity index (χ2v) is 41.8. The fraction of sp³-hybridized carbons (Fsp3) is 0.659. The van der Waals surface area contributed by atoms with Gasteiger partial charge in [-0.15, -0.1) is 0 Å². The van der Waals surface area contributed by atoms with E-state index in [9.17, 15) is 81.5 Å². The highest BCUT2D eigenvalue weighted by molar-refractivity contribution is 7.92. The molecule has 2 aromatic carbocycles. The number of fused-ring (bicyclic) bond motifs is 6. The molecule has 8 fully saturated rings. The van der Waals surface area contributed by atoms with Crippen LogP contribution in [0.25, 0.3) is 21.5 Å². The number of esters is 2. The van der Waals surface area contributed by atoms with Crippen molar-refractivity contribution in [1.29, 1.82) is 0 Å². The number of anilines is 2. The van der Waals surface area contributed by atoms with Gasteiger partial charge in [-0.05, 0) is 190 Å². The monoisotopic (exact) mass is 1750 g/mol. The quantitative estimate of drug-likeness (QED) is 0.0531. The van der Waals surface area contributed by atoms with Gasteiger partial charge >= 0.3 is 24.3 Å². The Morgan fingerprint density at radius 1 is 0.525 bits per heavy atom. The largest absolute Gasteiger partial charge is 0.472 e. The van der Waals surface area contributed by atoms with E-state index in [-0.39, 0.29) is 75.2 Å². The third-order valence-corrected chi connectivity index (χ3v) is 31.5. The molecule has 2 aromatic heterocycles. The first-order valence-corrected chi connectivity index (χ1v) is 45.7. The van der Waals surface area contributed by atoms with Crippen molar-refractivity contribution in [2.24, 2.45) is 58.2 Å². The summed E-state index contributed by atoms with van der Waals surface area (Å²) in [7, 11) is -8.07. The Kier molecular flexibility index (Phi) is 26.3. The van der Waals surface area contributed by atoms with E-state index in [4.69, 9.17) is 28.4 Å². The molecular formula is C88H114F6N8O18S2. The Labute approximate surface area is 708 Å². The molecular weight excluding hydrogens is 1640 g/mol. The van der Waals surface area contributed by atoms with Gasteiger partial charge in [-0.25, -0.2) is 26.8 Å². The second-order valence-electron chi connectivity index (χ2n) is 37.4. The molecule has 4 saturated carbocycles. The topological polar surface area (TPSA) is 323 Å². The molecule has 0 radical (unpaired) electrons. The lowest BCUT2D eigenvalue weighted by Gasteiger charge is -2.33. The number of nitrogens with one attached hydrogen (secondary N) is 2. The molecule has 0 unspecified atom stereocenters.